The number of fused-ring (bicyclic) bond motifs is 1. The molecule has 0 radical (unpaired) electrons. The van der Waals surface area contributed by atoms with Crippen LogP contribution in [0, 0.1) is 5.92 Å². The Hall–Kier alpha value is -5.06. The summed E-state index contributed by atoms with van der Waals surface area (Å²) in [5.74, 6) is 3.22. The molecule has 3 atom stereocenters. The molecule has 2 heterocycles. The lowest BCUT2D eigenvalue weighted by Gasteiger charge is -2.44. The summed E-state index contributed by atoms with van der Waals surface area (Å²) in [4.78, 5) is 23.1. The minimum atomic E-state index is -0.625. The van der Waals surface area contributed by atoms with Gasteiger partial charge in [-0.15, -0.1) is 0 Å². The number of aromatic nitrogens is 2. The number of nitrogens with zero attached hydrogens (tertiary/aromatic N) is 2. The number of nitrogens with one attached hydrogen (secondary N) is 1. The molecule has 1 aliphatic heterocycles. The lowest BCUT2D eigenvalue weighted by molar-refractivity contribution is -0.0529. The van der Waals surface area contributed by atoms with Crippen molar-refractivity contribution in [3.63, 3.8) is 0 Å². The first-order valence-corrected chi connectivity index (χ1v) is 18.3. The molecule has 10 nitrogen and oxygen atoms in total. The third kappa shape index (κ3) is 10.1. The Balaban J connectivity index is 1.18. The summed E-state index contributed by atoms with van der Waals surface area (Å²) in [6.07, 6.45) is 4.29. The largest absolute Gasteiger partial charge is 0.496 e. The number of H-pyrrole nitrogens is 1. The van der Waals surface area contributed by atoms with Crippen molar-refractivity contribution in [2.45, 2.75) is 64.4 Å². The minimum Gasteiger partial charge on any atom is -0.496 e. The van der Waals surface area contributed by atoms with Crippen LogP contribution in [0.5, 0.6) is 17.2 Å². The molecule has 53 heavy (non-hydrogen) atoms. The summed E-state index contributed by atoms with van der Waals surface area (Å²) in [6, 6.07) is 28.5. The first kappa shape index (κ1) is 37.7. The number of hydrogen-bond acceptors (Lipinski definition) is 8. The Labute approximate surface area is 312 Å². The second-order valence-corrected chi connectivity index (χ2v) is 14.4. The highest BCUT2D eigenvalue weighted by molar-refractivity contribution is 5.89. The van der Waals surface area contributed by atoms with Crippen LogP contribution in [0.25, 0.3) is 10.8 Å². The van der Waals surface area contributed by atoms with Crippen molar-refractivity contribution in [2.24, 2.45) is 5.92 Å². The fourth-order valence-corrected chi connectivity index (χ4v) is 7.01. The van der Waals surface area contributed by atoms with E-state index in [4.69, 9.17) is 28.4 Å². The number of ether oxygens (including phenoxy) is 6. The van der Waals surface area contributed by atoms with Gasteiger partial charge in [0, 0.05) is 48.6 Å². The fraction of sp³-hybridized carbons (Fsp3) is 0.395. The van der Waals surface area contributed by atoms with Gasteiger partial charge in [0.25, 0.3) is 0 Å². The molecule has 5 aromatic rings. The standard InChI is InChI=1S/C43H51N3O7/c1-43(2,3)53-42(47)46-26-34(25-40-44-19-20-45-40)41(39(27-46)52-28-30-23-32-11-6-8-13-36(32)38(24-30)49-5)31-15-17-35(18-16-31)51-22-10-21-50-29-33-12-7-9-14-37(33)48-4/h6-9,11-20,23-24,34,39,41H,10,21-22,25-29H2,1-5H3,(H,44,45)/t34-,39-,41-/m0/s1. The van der Waals surface area contributed by atoms with Gasteiger partial charge in [-0.05, 0) is 73.5 Å². The van der Waals surface area contributed by atoms with Crippen LogP contribution in [0.2, 0.25) is 0 Å². The van der Waals surface area contributed by atoms with E-state index in [1.54, 1.807) is 25.3 Å². The molecule has 280 valence electrons. The molecule has 0 spiro atoms. The number of amides is 1. The maximum atomic E-state index is 13.5. The van der Waals surface area contributed by atoms with E-state index in [1.807, 2.05) is 81.6 Å². The Kier molecular flexibility index (Phi) is 12.5. The second-order valence-electron chi connectivity index (χ2n) is 14.4. The van der Waals surface area contributed by atoms with Gasteiger partial charge in [0.2, 0.25) is 0 Å². The van der Waals surface area contributed by atoms with Gasteiger partial charge in [-0.1, -0.05) is 54.6 Å². The summed E-state index contributed by atoms with van der Waals surface area (Å²) in [6.45, 7) is 8.47. The normalized spacial score (nSPS) is 17.5. The lowest BCUT2D eigenvalue weighted by atomic mass is 9.76. The number of carbonyl (C=O) groups excluding carboxylic acids is 1. The lowest BCUT2D eigenvalue weighted by Crippen LogP contribution is -2.53. The molecule has 0 aliphatic carbocycles. The van der Waals surface area contributed by atoms with Crippen LogP contribution < -0.4 is 14.2 Å². The summed E-state index contributed by atoms with van der Waals surface area (Å²) >= 11 is 0. The molecule has 4 aromatic carbocycles. The van der Waals surface area contributed by atoms with Crippen LogP contribution in [-0.4, -0.2) is 73.2 Å². The van der Waals surface area contributed by atoms with E-state index in [0.717, 1.165) is 57.0 Å². The van der Waals surface area contributed by atoms with E-state index in [1.165, 1.54) is 0 Å². The Morgan fingerprint density at radius 2 is 1.66 bits per heavy atom. The Morgan fingerprint density at radius 1 is 0.887 bits per heavy atom. The number of hydrogen-bond donors (Lipinski definition) is 1. The maximum Gasteiger partial charge on any atom is 0.410 e. The highest BCUT2D eigenvalue weighted by atomic mass is 16.6. The van der Waals surface area contributed by atoms with Gasteiger partial charge in [0.15, 0.2) is 0 Å². The number of piperidine rings is 1. The number of aromatic amines is 1. The third-order valence-electron chi connectivity index (χ3n) is 9.41. The molecule has 0 unspecified atom stereocenters. The smallest absolute Gasteiger partial charge is 0.410 e. The molecule has 6 rings (SSSR count). The van der Waals surface area contributed by atoms with Gasteiger partial charge < -0.3 is 38.3 Å². The van der Waals surface area contributed by atoms with Crippen LogP contribution in [-0.2, 0) is 33.8 Å². The van der Waals surface area contributed by atoms with E-state index < -0.39 is 5.60 Å². The molecule has 1 aromatic heterocycles. The predicted molar refractivity (Wildman–Crippen MR) is 205 cm³/mol. The van der Waals surface area contributed by atoms with Crippen LogP contribution in [0.3, 0.4) is 0 Å². The monoisotopic (exact) mass is 721 g/mol. The first-order chi connectivity index (χ1) is 25.7. The number of likely N-dealkylation sites (tertiary alicyclic amines) is 1. The summed E-state index contributed by atoms with van der Waals surface area (Å²) in [5, 5.41) is 2.13. The van der Waals surface area contributed by atoms with Crippen LogP contribution >= 0.6 is 0 Å². The molecule has 1 saturated heterocycles. The van der Waals surface area contributed by atoms with Crippen molar-refractivity contribution in [1.29, 1.82) is 0 Å². The van der Waals surface area contributed by atoms with Crippen molar-refractivity contribution in [3.05, 3.63) is 120 Å². The zero-order valence-corrected chi connectivity index (χ0v) is 31.4. The van der Waals surface area contributed by atoms with E-state index >= 15 is 0 Å². The van der Waals surface area contributed by atoms with Crippen molar-refractivity contribution >= 4 is 16.9 Å². The molecule has 1 N–H and O–H groups in total. The van der Waals surface area contributed by atoms with Gasteiger partial charge in [-0.2, -0.15) is 0 Å². The second kappa shape index (κ2) is 17.6. The van der Waals surface area contributed by atoms with Gasteiger partial charge in [-0.3, -0.25) is 0 Å². The fourth-order valence-electron chi connectivity index (χ4n) is 7.01. The van der Waals surface area contributed by atoms with E-state index in [2.05, 4.69) is 40.3 Å². The van der Waals surface area contributed by atoms with Crippen LogP contribution in [0.4, 0.5) is 4.79 Å². The van der Waals surface area contributed by atoms with Gasteiger partial charge in [0.1, 0.15) is 28.7 Å². The Bertz CT molecular complexity index is 1910. The van der Waals surface area contributed by atoms with Crippen LogP contribution in [0.1, 0.15) is 55.6 Å². The van der Waals surface area contributed by atoms with E-state index in [0.29, 0.717) is 45.9 Å². The average Bonchev–Trinajstić information content (AvgIpc) is 3.67. The molecule has 0 saturated carbocycles. The molecular formula is C43H51N3O7. The Morgan fingerprint density at radius 3 is 2.42 bits per heavy atom. The molecule has 1 fully saturated rings. The molecular weight excluding hydrogens is 670 g/mol. The number of methoxy groups -OCH3 is 2. The zero-order chi connectivity index (χ0) is 37.2. The van der Waals surface area contributed by atoms with E-state index in [-0.39, 0.29) is 24.0 Å². The maximum absolute atomic E-state index is 13.5. The molecule has 1 amide bonds. The number of imidazole rings is 1. The van der Waals surface area contributed by atoms with Crippen molar-refractivity contribution < 1.29 is 33.2 Å². The summed E-state index contributed by atoms with van der Waals surface area (Å²) < 4.78 is 35.9. The van der Waals surface area contributed by atoms with Gasteiger partial charge >= 0.3 is 6.09 Å². The number of para-hydroxylation sites is 1. The molecule has 0 bridgehead atoms. The quantitative estimate of drug-likeness (QED) is 0.108. The highest BCUT2D eigenvalue weighted by Gasteiger charge is 2.41. The van der Waals surface area contributed by atoms with Crippen LogP contribution in [0.15, 0.2) is 97.3 Å². The van der Waals surface area contributed by atoms with Crippen molar-refractivity contribution in [1.82, 2.24) is 14.9 Å². The number of carbonyl (C=O) groups is 1. The van der Waals surface area contributed by atoms with Gasteiger partial charge in [0.05, 0.1) is 53.3 Å². The molecule has 10 heteroatoms. The summed E-state index contributed by atoms with van der Waals surface area (Å²) in [5.41, 5.74) is 2.50. The number of benzene rings is 4. The predicted octanol–water partition coefficient (Wildman–Crippen LogP) is 8.34. The first-order valence-electron chi connectivity index (χ1n) is 18.3. The molecule has 1 aliphatic rings. The zero-order valence-electron chi connectivity index (χ0n) is 31.4. The third-order valence-corrected chi connectivity index (χ3v) is 9.41. The highest BCUT2D eigenvalue weighted by Crippen LogP contribution is 2.39. The topological polar surface area (TPSA) is 104 Å². The minimum absolute atomic E-state index is 0.00860. The van der Waals surface area contributed by atoms with Crippen molar-refractivity contribution in [3.8, 4) is 17.2 Å². The average molecular weight is 722 g/mol. The summed E-state index contributed by atoms with van der Waals surface area (Å²) in [7, 11) is 3.35. The number of rotatable bonds is 15. The van der Waals surface area contributed by atoms with Crippen molar-refractivity contribution in [2.75, 3.05) is 40.5 Å². The SMILES string of the molecule is COc1ccccc1COCCCOc1ccc([C@H]2[C@@H](Cc3ncc[nH]3)CN(C(=O)OC(C)(C)C)C[C@@H]2OCc2cc(OC)c3ccccc3c2)cc1. The van der Waals surface area contributed by atoms with Gasteiger partial charge in [-0.25, -0.2) is 9.78 Å². The van der Waals surface area contributed by atoms with E-state index in [9.17, 15) is 4.79 Å².